The molecule has 8 nitrogen and oxygen atoms in total. The van der Waals surface area contributed by atoms with Crippen LogP contribution in [0.25, 0.3) is 0 Å². The van der Waals surface area contributed by atoms with Crippen molar-refractivity contribution in [2.75, 3.05) is 54.1 Å². The average Bonchev–Trinajstić information content (AvgIpc) is 3.24. The van der Waals surface area contributed by atoms with Gasteiger partial charge in [-0.1, -0.05) is 264 Å². The highest BCUT2D eigenvalue weighted by Crippen LogP contribution is 2.38. The summed E-state index contributed by atoms with van der Waals surface area (Å²) in [5.41, 5.74) is 0. The zero-order valence-electron chi connectivity index (χ0n) is 43.1. The number of quaternary nitrogens is 1. The van der Waals surface area contributed by atoms with Crippen molar-refractivity contribution in [2.45, 2.75) is 290 Å². The molecule has 0 saturated carbocycles. The molecule has 0 radical (unpaired) electrons. The van der Waals surface area contributed by atoms with Gasteiger partial charge in [0.05, 0.1) is 34.4 Å². The number of nitrogens with zero attached hydrogens (tertiary/aromatic N) is 1. The monoisotopic (exact) mass is 916 g/mol. The molecule has 9 heteroatoms. The molecule has 0 saturated heterocycles. The summed E-state index contributed by atoms with van der Waals surface area (Å²) in [6.45, 7) is 5.51. The number of likely N-dealkylation sites (N-methyl/N-ethyl adjacent to an activating group) is 1. The van der Waals surface area contributed by atoms with E-state index in [0.29, 0.717) is 24.1 Å². The maximum atomic E-state index is 12.8. The number of hydrogen-bond acceptors (Lipinski definition) is 7. The third-order valence-electron chi connectivity index (χ3n) is 12.7. The van der Waals surface area contributed by atoms with Crippen molar-refractivity contribution in [3.63, 3.8) is 0 Å². The van der Waals surface area contributed by atoms with Crippen molar-refractivity contribution >= 4 is 13.8 Å². The van der Waals surface area contributed by atoms with Gasteiger partial charge in [0, 0.05) is 13.0 Å². The summed E-state index contributed by atoms with van der Waals surface area (Å²) in [5.74, 6) is -0.324. The number of unbranched alkanes of at least 4 members (excludes halogenated alkanes) is 39. The number of rotatable bonds is 53. The van der Waals surface area contributed by atoms with E-state index >= 15 is 0 Å². The van der Waals surface area contributed by atoms with E-state index in [0.717, 1.165) is 32.1 Å². The molecular formula is C54H110NO7P. The van der Waals surface area contributed by atoms with Crippen LogP contribution in [0.4, 0.5) is 0 Å². The predicted octanol–water partition coefficient (Wildman–Crippen LogP) is 16.5. The van der Waals surface area contributed by atoms with Crippen LogP contribution >= 0.6 is 7.82 Å². The second kappa shape index (κ2) is 48.0. The Morgan fingerprint density at radius 2 is 0.730 bits per heavy atom. The Bertz CT molecular complexity index is 976. The fourth-order valence-corrected chi connectivity index (χ4v) is 9.10. The Morgan fingerprint density at radius 3 is 1.05 bits per heavy atom. The van der Waals surface area contributed by atoms with Crippen molar-refractivity contribution in [3.8, 4) is 0 Å². The molecule has 0 bridgehead atoms. The van der Waals surface area contributed by atoms with E-state index in [1.807, 2.05) is 21.1 Å². The first kappa shape index (κ1) is 62.5. The Kier molecular flexibility index (Phi) is 47.6. The van der Waals surface area contributed by atoms with E-state index in [9.17, 15) is 14.3 Å². The third-order valence-corrected chi connectivity index (χ3v) is 13.6. The molecule has 0 rings (SSSR count). The summed E-state index contributed by atoms with van der Waals surface area (Å²) in [5, 5.41) is 0. The lowest BCUT2D eigenvalue weighted by atomic mass is 10.0. The summed E-state index contributed by atoms with van der Waals surface area (Å²) in [6, 6.07) is 0. The smallest absolute Gasteiger partial charge is 0.306 e. The van der Waals surface area contributed by atoms with Gasteiger partial charge in [0.15, 0.2) is 0 Å². The first-order chi connectivity index (χ1) is 30.6. The van der Waals surface area contributed by atoms with Crippen molar-refractivity contribution in [3.05, 3.63) is 0 Å². The van der Waals surface area contributed by atoms with Crippen LogP contribution in [0.5, 0.6) is 0 Å². The second-order valence-electron chi connectivity index (χ2n) is 20.3. The van der Waals surface area contributed by atoms with Gasteiger partial charge in [-0.25, -0.2) is 0 Å². The lowest BCUT2D eigenvalue weighted by Gasteiger charge is -2.28. The molecule has 0 aliphatic heterocycles. The number of phosphoric ester groups is 1. The van der Waals surface area contributed by atoms with Crippen molar-refractivity contribution < 1.29 is 37.3 Å². The van der Waals surface area contributed by atoms with E-state index in [-0.39, 0.29) is 25.8 Å². The maximum absolute atomic E-state index is 12.8. The van der Waals surface area contributed by atoms with Crippen LogP contribution in [-0.2, 0) is 27.9 Å². The standard InChI is InChI=1S/C54H110NO7P/c1-6-8-10-12-14-16-18-20-22-24-26-28-29-31-33-35-37-39-41-43-45-47-54(56)62-53(52-61-63(57,58)60-50-48-55(3,4)5)51-59-49-46-44-42-40-38-36-34-32-30-27-25-23-21-19-17-15-13-11-9-7-2/h53H,6-52H2,1-5H3/t53-/m1/s1. The maximum Gasteiger partial charge on any atom is 0.306 e. The van der Waals surface area contributed by atoms with Gasteiger partial charge in [-0.15, -0.1) is 0 Å². The van der Waals surface area contributed by atoms with Crippen LogP contribution in [0, 0.1) is 0 Å². The Hall–Kier alpha value is -0.500. The summed E-state index contributed by atoms with van der Waals surface area (Å²) in [7, 11) is 1.38. The summed E-state index contributed by atoms with van der Waals surface area (Å²) >= 11 is 0. The zero-order chi connectivity index (χ0) is 46.2. The Balaban J connectivity index is 4.04. The van der Waals surface area contributed by atoms with E-state index in [2.05, 4.69) is 13.8 Å². The van der Waals surface area contributed by atoms with E-state index in [1.54, 1.807) is 0 Å². The molecule has 0 fully saturated rings. The topological polar surface area (TPSA) is 94.1 Å². The first-order valence-corrected chi connectivity index (χ1v) is 29.2. The van der Waals surface area contributed by atoms with Gasteiger partial charge in [0.2, 0.25) is 0 Å². The molecular weight excluding hydrogens is 806 g/mol. The quantitative estimate of drug-likeness (QED) is 0.0260. The number of phosphoric acid groups is 1. The van der Waals surface area contributed by atoms with E-state index in [4.69, 9.17) is 18.5 Å². The molecule has 2 atom stereocenters. The van der Waals surface area contributed by atoms with Crippen LogP contribution in [-0.4, -0.2) is 70.7 Å². The third kappa shape index (κ3) is 52.3. The molecule has 0 aromatic rings. The fourth-order valence-electron chi connectivity index (χ4n) is 8.37. The summed E-state index contributed by atoms with van der Waals surface area (Å²) < 4.78 is 34.8. The fraction of sp³-hybridized carbons (Fsp3) is 0.981. The molecule has 0 aromatic carbocycles. The van der Waals surface area contributed by atoms with Crippen LogP contribution < -0.4 is 4.89 Å². The molecule has 0 aliphatic carbocycles. The van der Waals surface area contributed by atoms with Gasteiger partial charge < -0.3 is 27.9 Å². The molecule has 0 aromatic heterocycles. The molecule has 378 valence electrons. The van der Waals surface area contributed by atoms with Gasteiger partial charge in [-0.2, -0.15) is 0 Å². The van der Waals surface area contributed by atoms with Crippen molar-refractivity contribution in [1.82, 2.24) is 0 Å². The normalized spacial score (nSPS) is 13.4. The van der Waals surface area contributed by atoms with E-state index in [1.165, 1.54) is 231 Å². The highest BCUT2D eigenvalue weighted by atomic mass is 31.2. The van der Waals surface area contributed by atoms with Crippen molar-refractivity contribution in [2.24, 2.45) is 0 Å². The molecule has 0 spiro atoms. The van der Waals surface area contributed by atoms with Crippen LogP contribution in [0.15, 0.2) is 0 Å². The van der Waals surface area contributed by atoms with Gasteiger partial charge in [-0.05, 0) is 12.8 Å². The van der Waals surface area contributed by atoms with Crippen LogP contribution in [0.2, 0.25) is 0 Å². The highest BCUT2D eigenvalue weighted by Gasteiger charge is 2.20. The average molecular weight is 916 g/mol. The van der Waals surface area contributed by atoms with E-state index < -0.39 is 13.9 Å². The molecule has 1 unspecified atom stereocenters. The van der Waals surface area contributed by atoms with Crippen LogP contribution in [0.1, 0.15) is 284 Å². The highest BCUT2D eigenvalue weighted by molar-refractivity contribution is 7.45. The minimum absolute atomic E-state index is 0.0319. The molecule has 0 heterocycles. The Labute approximate surface area is 393 Å². The van der Waals surface area contributed by atoms with Gasteiger partial charge in [-0.3, -0.25) is 9.36 Å². The number of ether oxygens (including phenoxy) is 2. The largest absolute Gasteiger partial charge is 0.756 e. The lowest BCUT2D eigenvalue weighted by Crippen LogP contribution is -2.37. The Morgan fingerprint density at radius 1 is 0.429 bits per heavy atom. The van der Waals surface area contributed by atoms with Crippen molar-refractivity contribution in [1.29, 1.82) is 0 Å². The molecule has 0 amide bonds. The summed E-state index contributed by atoms with van der Waals surface area (Å²) in [4.78, 5) is 25.2. The van der Waals surface area contributed by atoms with Gasteiger partial charge >= 0.3 is 5.97 Å². The molecule has 0 N–H and O–H groups in total. The summed E-state index contributed by atoms with van der Waals surface area (Å²) in [6.07, 6.45) is 54.2. The van der Waals surface area contributed by atoms with Gasteiger partial charge in [0.1, 0.15) is 19.3 Å². The number of esters is 1. The number of carbonyl (C=O) groups excluding carboxylic acids is 1. The predicted molar refractivity (Wildman–Crippen MR) is 268 cm³/mol. The van der Waals surface area contributed by atoms with Crippen LogP contribution in [0.3, 0.4) is 0 Å². The number of hydrogen-bond donors (Lipinski definition) is 0. The first-order valence-electron chi connectivity index (χ1n) is 27.8. The SMILES string of the molecule is CCCCCCCCCCCCCCCCCCCCCCCC(=O)O[C@H](COCCCCCCCCCCCCCCCCCCCCCC)COP(=O)([O-])OCC[N+](C)(C)C. The minimum Gasteiger partial charge on any atom is -0.756 e. The number of carbonyl (C=O) groups is 1. The second-order valence-corrected chi connectivity index (χ2v) is 21.7. The zero-order valence-corrected chi connectivity index (χ0v) is 44.0. The molecule has 0 aliphatic rings. The lowest BCUT2D eigenvalue weighted by molar-refractivity contribution is -0.870. The minimum atomic E-state index is -4.52. The molecule has 63 heavy (non-hydrogen) atoms. The van der Waals surface area contributed by atoms with Gasteiger partial charge in [0.25, 0.3) is 7.82 Å².